The van der Waals surface area contributed by atoms with E-state index < -0.39 is 0 Å². The van der Waals surface area contributed by atoms with Crippen molar-refractivity contribution >= 4 is 12.0 Å². The average molecular weight is 337 g/mol. The normalized spacial score (nSPS) is 21.0. The molecule has 0 N–H and O–H groups in total. The molecule has 1 aliphatic heterocycles. The average Bonchev–Trinajstić information content (AvgIpc) is 3.40. The van der Waals surface area contributed by atoms with E-state index in [1.165, 1.54) is 12.8 Å². The van der Waals surface area contributed by atoms with Gasteiger partial charge in [0.05, 0.1) is 0 Å². The van der Waals surface area contributed by atoms with Crippen molar-refractivity contribution in [1.82, 2.24) is 15.0 Å². The fraction of sp³-hybridized carbons (Fsp3) is 0.450. The second-order valence-electron chi connectivity index (χ2n) is 7.06. The van der Waals surface area contributed by atoms with E-state index in [0.29, 0.717) is 11.8 Å². The van der Waals surface area contributed by atoms with Crippen LogP contribution in [0.4, 0.5) is 0 Å². The highest BCUT2D eigenvalue weighted by Gasteiger charge is 2.30. The summed E-state index contributed by atoms with van der Waals surface area (Å²) in [5.41, 5.74) is 1.04. The van der Waals surface area contributed by atoms with Crippen molar-refractivity contribution in [1.29, 1.82) is 0 Å². The molecule has 1 amide bonds. The maximum atomic E-state index is 12.5. The Morgan fingerprint density at radius 2 is 2.08 bits per heavy atom. The third-order valence-corrected chi connectivity index (χ3v) is 4.94. The van der Waals surface area contributed by atoms with Crippen LogP contribution in [0.15, 0.2) is 40.9 Å². The predicted octanol–water partition coefficient (Wildman–Crippen LogP) is 3.44. The smallest absolute Gasteiger partial charge is 0.246 e. The Morgan fingerprint density at radius 1 is 1.24 bits per heavy atom. The maximum Gasteiger partial charge on any atom is 0.246 e. The minimum Gasteiger partial charge on any atom is -0.339 e. The highest BCUT2D eigenvalue weighted by molar-refractivity contribution is 5.91. The van der Waals surface area contributed by atoms with Gasteiger partial charge in [0.25, 0.3) is 0 Å². The van der Waals surface area contributed by atoms with Gasteiger partial charge < -0.3 is 9.42 Å². The quantitative estimate of drug-likeness (QED) is 0.784. The summed E-state index contributed by atoms with van der Waals surface area (Å²) in [4.78, 5) is 18.9. The fourth-order valence-electron chi connectivity index (χ4n) is 3.37. The minimum atomic E-state index is 0.0813. The van der Waals surface area contributed by atoms with Crippen LogP contribution in [0.5, 0.6) is 0 Å². The number of carbonyl (C=O) groups is 1. The van der Waals surface area contributed by atoms with Crippen molar-refractivity contribution in [2.24, 2.45) is 5.92 Å². The third kappa shape index (κ3) is 4.16. The lowest BCUT2D eigenvalue weighted by Crippen LogP contribution is -2.39. The molecule has 130 valence electrons. The molecule has 4 rings (SSSR count). The van der Waals surface area contributed by atoms with E-state index in [-0.39, 0.29) is 5.91 Å². The van der Waals surface area contributed by atoms with Crippen LogP contribution in [0.1, 0.15) is 48.9 Å². The van der Waals surface area contributed by atoms with E-state index in [1.54, 1.807) is 6.08 Å². The van der Waals surface area contributed by atoms with Gasteiger partial charge >= 0.3 is 0 Å². The number of hydrogen-bond acceptors (Lipinski definition) is 4. The highest BCUT2D eigenvalue weighted by atomic mass is 16.5. The number of piperidine rings is 1. The van der Waals surface area contributed by atoms with Crippen molar-refractivity contribution in [2.75, 3.05) is 13.1 Å². The third-order valence-electron chi connectivity index (χ3n) is 4.94. The number of likely N-dealkylation sites (tertiary alicyclic amines) is 1. The summed E-state index contributed by atoms with van der Waals surface area (Å²) in [6.07, 6.45) is 8.82. The van der Waals surface area contributed by atoms with Crippen molar-refractivity contribution in [3.8, 4) is 0 Å². The molecule has 1 atom stereocenters. The van der Waals surface area contributed by atoms with Crippen LogP contribution in [0.2, 0.25) is 0 Å². The van der Waals surface area contributed by atoms with Gasteiger partial charge in [0.2, 0.25) is 11.8 Å². The molecule has 1 unspecified atom stereocenters. The molecular weight excluding hydrogens is 314 g/mol. The molecule has 5 heteroatoms. The SMILES string of the molecule is O=C(C=Cc1ccccc1)N1CCCC(Cc2nc(C3CC3)no2)C1. The summed E-state index contributed by atoms with van der Waals surface area (Å²) >= 11 is 0. The molecule has 1 aliphatic carbocycles. The molecule has 2 fully saturated rings. The predicted molar refractivity (Wildman–Crippen MR) is 94.8 cm³/mol. The first-order chi connectivity index (χ1) is 12.3. The summed E-state index contributed by atoms with van der Waals surface area (Å²) in [6, 6.07) is 9.91. The molecule has 5 nitrogen and oxygen atoms in total. The second-order valence-corrected chi connectivity index (χ2v) is 7.06. The summed E-state index contributed by atoms with van der Waals surface area (Å²) in [6.45, 7) is 1.59. The van der Waals surface area contributed by atoms with Crippen molar-refractivity contribution in [3.63, 3.8) is 0 Å². The van der Waals surface area contributed by atoms with Gasteiger partial charge in [-0.2, -0.15) is 4.98 Å². The molecule has 1 saturated heterocycles. The van der Waals surface area contributed by atoms with E-state index in [9.17, 15) is 4.79 Å². The number of carbonyl (C=O) groups excluding carboxylic acids is 1. The number of amides is 1. The number of nitrogens with zero attached hydrogens (tertiary/aromatic N) is 3. The highest BCUT2D eigenvalue weighted by Crippen LogP contribution is 2.38. The summed E-state index contributed by atoms with van der Waals surface area (Å²) in [5, 5.41) is 4.08. The monoisotopic (exact) mass is 337 g/mol. The van der Waals surface area contributed by atoms with Crippen LogP contribution in [-0.4, -0.2) is 34.0 Å². The largest absolute Gasteiger partial charge is 0.339 e. The molecule has 1 saturated carbocycles. The van der Waals surface area contributed by atoms with Gasteiger partial charge in [0.15, 0.2) is 5.82 Å². The van der Waals surface area contributed by atoms with Crippen LogP contribution in [0.25, 0.3) is 6.08 Å². The fourth-order valence-corrected chi connectivity index (χ4v) is 3.37. The molecule has 2 aliphatic rings. The second kappa shape index (κ2) is 7.21. The zero-order valence-electron chi connectivity index (χ0n) is 14.3. The van der Waals surface area contributed by atoms with Gasteiger partial charge in [0, 0.05) is 31.5 Å². The minimum absolute atomic E-state index is 0.0813. The van der Waals surface area contributed by atoms with Gasteiger partial charge in [-0.3, -0.25) is 4.79 Å². The molecule has 0 spiro atoms. The van der Waals surface area contributed by atoms with Crippen molar-refractivity contribution < 1.29 is 9.32 Å². The molecule has 25 heavy (non-hydrogen) atoms. The van der Waals surface area contributed by atoms with Crippen molar-refractivity contribution in [2.45, 2.75) is 38.0 Å². The van der Waals surface area contributed by atoms with Crippen LogP contribution >= 0.6 is 0 Å². The maximum absolute atomic E-state index is 12.5. The Hall–Kier alpha value is -2.43. The zero-order valence-corrected chi connectivity index (χ0v) is 14.3. The molecule has 2 heterocycles. The number of aromatic nitrogens is 2. The lowest BCUT2D eigenvalue weighted by molar-refractivity contribution is -0.127. The molecule has 1 aromatic heterocycles. The Morgan fingerprint density at radius 3 is 2.88 bits per heavy atom. The first kappa shape index (κ1) is 16.1. The number of benzene rings is 1. The molecule has 0 radical (unpaired) electrons. The Bertz CT molecular complexity index is 749. The van der Waals surface area contributed by atoms with Gasteiger partial charge in [-0.05, 0) is 43.2 Å². The first-order valence-corrected chi connectivity index (χ1v) is 9.12. The van der Waals surface area contributed by atoms with Crippen molar-refractivity contribution in [3.05, 3.63) is 53.7 Å². The first-order valence-electron chi connectivity index (χ1n) is 9.12. The van der Waals surface area contributed by atoms with E-state index >= 15 is 0 Å². The van der Waals surface area contributed by atoms with Gasteiger partial charge in [-0.15, -0.1) is 0 Å². The standard InChI is InChI=1S/C20H23N3O2/c24-19(11-8-15-5-2-1-3-6-15)23-12-4-7-16(14-23)13-18-21-20(22-25-18)17-9-10-17/h1-3,5-6,8,11,16-17H,4,7,9-10,12-14H2. The van der Waals surface area contributed by atoms with Crippen LogP contribution in [-0.2, 0) is 11.2 Å². The zero-order chi connectivity index (χ0) is 17.1. The Balaban J connectivity index is 1.33. The summed E-state index contributed by atoms with van der Waals surface area (Å²) in [5.74, 6) is 2.59. The van der Waals surface area contributed by atoms with E-state index in [0.717, 1.165) is 49.6 Å². The number of hydrogen-bond donors (Lipinski definition) is 0. The lowest BCUT2D eigenvalue weighted by Gasteiger charge is -2.31. The summed E-state index contributed by atoms with van der Waals surface area (Å²) in [7, 11) is 0. The van der Waals surface area contributed by atoms with Crippen LogP contribution < -0.4 is 0 Å². The number of rotatable bonds is 5. The van der Waals surface area contributed by atoms with E-state index in [2.05, 4.69) is 10.1 Å². The molecule has 2 aromatic rings. The van der Waals surface area contributed by atoms with Gasteiger partial charge in [-0.25, -0.2) is 0 Å². The van der Waals surface area contributed by atoms with E-state index in [1.807, 2.05) is 41.3 Å². The van der Waals surface area contributed by atoms with Gasteiger partial charge in [0.1, 0.15) is 0 Å². The van der Waals surface area contributed by atoms with E-state index in [4.69, 9.17) is 4.52 Å². The molecule has 0 bridgehead atoms. The Kier molecular flexibility index (Phi) is 4.63. The summed E-state index contributed by atoms with van der Waals surface area (Å²) < 4.78 is 5.39. The van der Waals surface area contributed by atoms with Gasteiger partial charge in [-0.1, -0.05) is 35.5 Å². The Labute approximate surface area is 147 Å². The molecular formula is C20H23N3O2. The van der Waals surface area contributed by atoms with Crippen LogP contribution in [0.3, 0.4) is 0 Å². The van der Waals surface area contributed by atoms with Crippen LogP contribution in [0, 0.1) is 5.92 Å². The molecule has 1 aromatic carbocycles. The lowest BCUT2D eigenvalue weighted by atomic mass is 9.94. The topological polar surface area (TPSA) is 59.2 Å².